The van der Waals surface area contributed by atoms with E-state index < -0.39 is 34.1 Å². The van der Waals surface area contributed by atoms with Crippen LogP contribution in [0.3, 0.4) is 0 Å². The molecule has 1 aliphatic heterocycles. The molecule has 0 saturated carbocycles. The van der Waals surface area contributed by atoms with Crippen LogP contribution in [-0.4, -0.2) is 38.3 Å². The maximum absolute atomic E-state index is 13.0. The molecule has 32 heavy (non-hydrogen) atoms. The van der Waals surface area contributed by atoms with Gasteiger partial charge in [-0.05, 0) is 28.8 Å². The summed E-state index contributed by atoms with van der Waals surface area (Å²) in [6.07, 6.45) is 0.540. The molecule has 0 aliphatic carbocycles. The van der Waals surface area contributed by atoms with Gasteiger partial charge in [-0.2, -0.15) is 0 Å². The van der Waals surface area contributed by atoms with Crippen molar-refractivity contribution in [3.8, 4) is 5.75 Å². The number of aliphatic hydroxyl groups excluding tert-OH is 1. The van der Waals surface area contributed by atoms with Crippen LogP contribution in [0.5, 0.6) is 5.75 Å². The summed E-state index contributed by atoms with van der Waals surface area (Å²) in [7, 11) is 0. The van der Waals surface area contributed by atoms with E-state index in [1.165, 1.54) is 11.0 Å². The number of hydrogen-bond donors (Lipinski definition) is 2. The minimum Gasteiger partial charge on any atom is -0.507 e. The number of aromatic hydroxyl groups is 1. The van der Waals surface area contributed by atoms with Gasteiger partial charge in [-0.3, -0.25) is 19.7 Å². The number of fused-ring (bicyclic) bond motifs is 1. The Morgan fingerprint density at radius 2 is 1.81 bits per heavy atom. The SMILES string of the molecule is CCCN1C(=O)C(=O)/C(=C(/O)c2cccc3ccccc23)C1c1ccc(O)c([N+](=O)[O-])c1. The number of benzene rings is 3. The lowest BCUT2D eigenvalue weighted by molar-refractivity contribution is -0.385. The number of Topliss-reactive ketones (excluding diaryl/α,β-unsaturated/α-hetero) is 1. The van der Waals surface area contributed by atoms with Gasteiger partial charge < -0.3 is 15.1 Å². The molecule has 162 valence electrons. The van der Waals surface area contributed by atoms with Crippen molar-refractivity contribution in [2.24, 2.45) is 0 Å². The highest BCUT2D eigenvalue weighted by molar-refractivity contribution is 6.46. The predicted octanol–water partition coefficient (Wildman–Crippen LogP) is 4.29. The van der Waals surface area contributed by atoms with Crippen molar-refractivity contribution in [3.63, 3.8) is 0 Å². The summed E-state index contributed by atoms with van der Waals surface area (Å²) in [4.78, 5) is 37.7. The summed E-state index contributed by atoms with van der Waals surface area (Å²) in [5.74, 6) is -2.52. The summed E-state index contributed by atoms with van der Waals surface area (Å²) in [6, 6.07) is 15.2. The second-order valence-corrected chi connectivity index (χ2v) is 7.52. The van der Waals surface area contributed by atoms with Crippen molar-refractivity contribution in [2.75, 3.05) is 6.54 Å². The largest absolute Gasteiger partial charge is 0.507 e. The van der Waals surface area contributed by atoms with Crippen LogP contribution in [0.1, 0.15) is 30.5 Å². The monoisotopic (exact) mass is 432 g/mol. The van der Waals surface area contributed by atoms with Crippen LogP contribution in [0, 0.1) is 10.1 Å². The number of hydrogen-bond acceptors (Lipinski definition) is 6. The number of aliphatic hydroxyl groups is 1. The first kappa shape index (κ1) is 21.0. The van der Waals surface area contributed by atoms with E-state index in [0.717, 1.165) is 17.5 Å². The minimum absolute atomic E-state index is 0.139. The minimum atomic E-state index is -1.02. The lowest BCUT2D eigenvalue weighted by Gasteiger charge is -2.25. The quantitative estimate of drug-likeness (QED) is 0.204. The molecule has 3 aromatic rings. The van der Waals surface area contributed by atoms with E-state index in [1.807, 2.05) is 25.1 Å². The van der Waals surface area contributed by atoms with Gasteiger partial charge in [0.05, 0.1) is 16.5 Å². The van der Waals surface area contributed by atoms with Gasteiger partial charge in [-0.25, -0.2) is 0 Å². The van der Waals surface area contributed by atoms with E-state index in [1.54, 1.807) is 24.3 Å². The number of phenols is 1. The maximum Gasteiger partial charge on any atom is 0.311 e. The van der Waals surface area contributed by atoms with Crippen molar-refractivity contribution < 1.29 is 24.7 Å². The molecule has 3 aromatic carbocycles. The summed E-state index contributed by atoms with van der Waals surface area (Å²) in [6.45, 7) is 2.05. The van der Waals surface area contributed by atoms with Crippen LogP contribution >= 0.6 is 0 Å². The molecule has 1 amide bonds. The molecular weight excluding hydrogens is 412 g/mol. The van der Waals surface area contributed by atoms with Crippen molar-refractivity contribution in [3.05, 3.63) is 87.5 Å². The van der Waals surface area contributed by atoms with E-state index in [0.29, 0.717) is 17.4 Å². The Bertz CT molecular complexity index is 1290. The number of phenolic OH excluding ortho intramolecular Hbond substituents is 1. The second-order valence-electron chi connectivity index (χ2n) is 7.52. The standard InChI is InChI=1S/C24H20N2O6/c1-2-12-25-21(15-10-11-19(27)18(13-15)26(31)32)20(23(29)24(25)30)22(28)17-9-5-7-14-6-3-4-8-16(14)17/h3-11,13,21,27-28H,2,12H2,1H3/b22-20+. The van der Waals surface area contributed by atoms with E-state index in [2.05, 4.69) is 0 Å². The Morgan fingerprint density at radius 1 is 1.09 bits per heavy atom. The van der Waals surface area contributed by atoms with Gasteiger partial charge in [0.2, 0.25) is 0 Å². The first-order valence-electron chi connectivity index (χ1n) is 10.1. The second kappa shape index (κ2) is 8.14. The van der Waals surface area contributed by atoms with E-state index in [9.17, 15) is 29.9 Å². The summed E-state index contributed by atoms with van der Waals surface area (Å²) < 4.78 is 0. The number of nitro groups is 1. The van der Waals surface area contributed by atoms with Gasteiger partial charge in [0.15, 0.2) is 5.75 Å². The molecular formula is C24H20N2O6. The fourth-order valence-electron chi connectivity index (χ4n) is 4.13. The number of amides is 1. The molecule has 0 radical (unpaired) electrons. The third-order valence-electron chi connectivity index (χ3n) is 5.56. The Labute approximate surface area is 183 Å². The van der Waals surface area contributed by atoms with Gasteiger partial charge in [0, 0.05) is 18.2 Å². The number of carbonyl (C=O) groups excluding carboxylic acids is 2. The number of nitrogens with zero attached hydrogens (tertiary/aromatic N) is 2. The Balaban J connectivity index is 1.98. The molecule has 1 aliphatic rings. The number of nitro benzene ring substituents is 1. The lowest BCUT2D eigenvalue weighted by atomic mass is 9.93. The fourth-order valence-corrected chi connectivity index (χ4v) is 4.13. The van der Waals surface area contributed by atoms with Crippen LogP contribution in [-0.2, 0) is 9.59 Å². The molecule has 8 nitrogen and oxygen atoms in total. The molecule has 1 heterocycles. The molecule has 1 fully saturated rings. The van der Waals surface area contributed by atoms with Crippen molar-refractivity contribution in [1.82, 2.24) is 4.90 Å². The lowest BCUT2D eigenvalue weighted by Crippen LogP contribution is -2.30. The molecule has 0 bridgehead atoms. The van der Waals surface area contributed by atoms with E-state index in [-0.39, 0.29) is 23.4 Å². The Kier molecular flexibility index (Phi) is 5.36. The molecule has 1 atom stereocenters. The Hall–Kier alpha value is -4.20. The highest BCUT2D eigenvalue weighted by atomic mass is 16.6. The number of likely N-dealkylation sites (tertiary alicyclic amines) is 1. The number of carbonyl (C=O) groups is 2. The average Bonchev–Trinajstić information content (AvgIpc) is 3.03. The van der Waals surface area contributed by atoms with Crippen LogP contribution in [0.25, 0.3) is 16.5 Å². The van der Waals surface area contributed by atoms with Gasteiger partial charge in [0.25, 0.3) is 11.7 Å². The summed E-state index contributed by atoms with van der Waals surface area (Å²) in [5.41, 5.74) is -0.0469. The molecule has 0 aromatic heterocycles. The fraction of sp³-hybridized carbons (Fsp3) is 0.167. The van der Waals surface area contributed by atoms with Gasteiger partial charge in [-0.1, -0.05) is 55.5 Å². The van der Waals surface area contributed by atoms with Crippen LogP contribution in [0.2, 0.25) is 0 Å². The maximum atomic E-state index is 13.0. The summed E-state index contributed by atoms with van der Waals surface area (Å²) in [5, 5.41) is 34.0. The Morgan fingerprint density at radius 3 is 2.53 bits per heavy atom. The van der Waals surface area contributed by atoms with Crippen molar-refractivity contribution in [2.45, 2.75) is 19.4 Å². The van der Waals surface area contributed by atoms with Crippen LogP contribution in [0.4, 0.5) is 5.69 Å². The highest BCUT2D eigenvalue weighted by Crippen LogP contribution is 2.42. The first-order valence-corrected chi connectivity index (χ1v) is 10.1. The molecule has 4 rings (SSSR count). The van der Waals surface area contributed by atoms with E-state index in [4.69, 9.17) is 0 Å². The van der Waals surface area contributed by atoms with Gasteiger partial charge in [0.1, 0.15) is 5.76 Å². The van der Waals surface area contributed by atoms with Crippen LogP contribution in [0.15, 0.2) is 66.2 Å². The summed E-state index contributed by atoms with van der Waals surface area (Å²) >= 11 is 0. The topological polar surface area (TPSA) is 121 Å². The highest BCUT2D eigenvalue weighted by Gasteiger charge is 2.46. The van der Waals surface area contributed by atoms with Gasteiger partial charge in [-0.15, -0.1) is 0 Å². The zero-order chi connectivity index (χ0) is 23.0. The van der Waals surface area contributed by atoms with E-state index >= 15 is 0 Å². The molecule has 8 heteroatoms. The zero-order valence-electron chi connectivity index (χ0n) is 17.2. The third-order valence-corrected chi connectivity index (χ3v) is 5.56. The smallest absolute Gasteiger partial charge is 0.311 e. The average molecular weight is 432 g/mol. The zero-order valence-corrected chi connectivity index (χ0v) is 17.2. The van der Waals surface area contributed by atoms with Crippen molar-refractivity contribution >= 4 is 33.9 Å². The number of ketones is 1. The van der Waals surface area contributed by atoms with Crippen LogP contribution < -0.4 is 0 Å². The molecule has 1 saturated heterocycles. The third kappa shape index (κ3) is 3.35. The molecule has 0 spiro atoms. The normalized spacial score (nSPS) is 17.8. The molecule has 2 N–H and O–H groups in total. The van der Waals surface area contributed by atoms with Crippen molar-refractivity contribution in [1.29, 1.82) is 0 Å². The number of rotatable bonds is 5. The predicted molar refractivity (Wildman–Crippen MR) is 118 cm³/mol. The first-order chi connectivity index (χ1) is 15.3. The molecule has 1 unspecified atom stereocenters. The van der Waals surface area contributed by atoms with Gasteiger partial charge >= 0.3 is 5.69 Å².